The molecule has 0 spiro atoms. The number of thioether (sulfide) groups is 1. The van der Waals surface area contributed by atoms with E-state index in [2.05, 4.69) is 5.16 Å². The Hall–Kier alpha value is -0.0500. The molecule has 15 heavy (non-hydrogen) atoms. The molecule has 1 rings (SSSR count). The molecule has 0 N–H and O–H groups in total. The molecule has 0 aliphatic carbocycles. The molecule has 1 unspecified atom stereocenters. The Kier molecular flexibility index (Phi) is 5.65. The van der Waals surface area contributed by atoms with E-state index in [0.717, 1.165) is 0 Å². The van der Waals surface area contributed by atoms with Crippen molar-refractivity contribution in [2.24, 2.45) is 5.16 Å². The van der Waals surface area contributed by atoms with Gasteiger partial charge in [0.05, 0.1) is 5.94 Å². The van der Waals surface area contributed by atoms with Crippen molar-refractivity contribution >= 4 is 44.7 Å². The summed E-state index contributed by atoms with van der Waals surface area (Å²) in [5.41, 5.74) is 0. The molecule has 1 fully saturated rings. The maximum atomic E-state index is 11.3. The van der Waals surface area contributed by atoms with Crippen molar-refractivity contribution in [1.29, 1.82) is 0 Å². The molecule has 1 aliphatic heterocycles. The largest absolute Gasteiger partial charge is 0.446 e. The van der Waals surface area contributed by atoms with E-state index in [9.17, 15) is 4.79 Å². The van der Waals surface area contributed by atoms with Gasteiger partial charge in [-0.2, -0.15) is 0 Å². The van der Waals surface area contributed by atoms with E-state index in [4.69, 9.17) is 9.57 Å². The van der Waals surface area contributed by atoms with E-state index in [0.29, 0.717) is 11.0 Å². The van der Waals surface area contributed by atoms with E-state index in [-0.39, 0.29) is 6.10 Å². The van der Waals surface area contributed by atoms with Gasteiger partial charge in [0.25, 0.3) is 0 Å². The average Bonchev–Trinajstić information content (AvgIpc) is 2.61. The lowest BCUT2D eigenvalue weighted by Gasteiger charge is -2.10. The molecule has 8 heteroatoms. The molecule has 0 radical (unpaired) electrons. The highest BCUT2D eigenvalue weighted by Crippen LogP contribution is 2.23. The molecule has 0 aromatic heterocycles. The van der Waals surface area contributed by atoms with E-state index in [1.165, 1.54) is 37.8 Å². The summed E-state index contributed by atoms with van der Waals surface area (Å²) >= 11 is 1.44. The summed E-state index contributed by atoms with van der Waals surface area (Å²) in [6.07, 6.45) is 1.31. The summed E-state index contributed by atoms with van der Waals surface area (Å²) in [6.45, 7) is 1.87. The lowest BCUT2D eigenvalue weighted by Crippen LogP contribution is -2.19. The van der Waals surface area contributed by atoms with Crippen LogP contribution in [0.4, 0.5) is 4.79 Å². The molecule has 86 valence electrons. The van der Waals surface area contributed by atoms with Gasteiger partial charge in [-0.3, -0.25) is 4.84 Å². The maximum absolute atomic E-state index is 11.3. The Morgan fingerprint density at radius 3 is 3.07 bits per heavy atom. The third-order valence-electron chi connectivity index (χ3n) is 1.53. The first-order chi connectivity index (χ1) is 7.15. The number of nitrogens with zero attached hydrogens (tertiary/aromatic N) is 2. The number of carbonyl (C=O) groups excluding carboxylic acids is 1. The Bertz CT molecular complexity index is 262. The monoisotopic (exact) mass is 268 g/mol. The van der Waals surface area contributed by atoms with Gasteiger partial charge in [0, 0.05) is 18.0 Å². The second-order valence-corrected chi connectivity index (χ2v) is 6.02. The summed E-state index contributed by atoms with van der Waals surface area (Å²) in [5.74, 6) is 0.562. The number of amides is 1. The van der Waals surface area contributed by atoms with Crippen molar-refractivity contribution in [3.05, 3.63) is 0 Å². The van der Waals surface area contributed by atoms with Gasteiger partial charge in [0.1, 0.15) is 11.1 Å². The fraction of sp³-hybridized carbons (Fsp3) is 0.714. The maximum Gasteiger partial charge on any atom is 0.446 e. The van der Waals surface area contributed by atoms with Crippen LogP contribution in [0.25, 0.3) is 0 Å². The average molecular weight is 268 g/mol. The minimum absolute atomic E-state index is 0.0821. The smallest absolute Gasteiger partial charge is 0.361 e. The summed E-state index contributed by atoms with van der Waals surface area (Å²) < 4.78 is 6.60. The summed E-state index contributed by atoms with van der Waals surface area (Å²) in [7, 11) is 4.38. The van der Waals surface area contributed by atoms with Crippen molar-refractivity contribution in [2.75, 3.05) is 19.2 Å². The van der Waals surface area contributed by atoms with Crippen molar-refractivity contribution in [2.45, 2.75) is 13.0 Å². The molecule has 0 aromatic carbocycles. The first-order valence-electron chi connectivity index (χ1n) is 4.13. The van der Waals surface area contributed by atoms with Gasteiger partial charge in [0.15, 0.2) is 0 Å². The first kappa shape index (κ1) is 13.0. The SMILES string of the molecule is CSSN(C)C(=O)ON=C1SCOC1C. The van der Waals surface area contributed by atoms with Crippen LogP contribution in [-0.2, 0) is 9.57 Å². The molecule has 0 aromatic rings. The van der Waals surface area contributed by atoms with Gasteiger partial charge in [0.2, 0.25) is 0 Å². The zero-order valence-corrected chi connectivity index (χ0v) is 11.1. The van der Waals surface area contributed by atoms with Crippen LogP contribution in [0.2, 0.25) is 0 Å². The number of rotatable bonds is 3. The lowest BCUT2D eigenvalue weighted by atomic mass is 10.4. The van der Waals surface area contributed by atoms with E-state index < -0.39 is 6.09 Å². The Labute approximate surface area is 101 Å². The fourth-order valence-corrected chi connectivity index (χ4v) is 2.73. The van der Waals surface area contributed by atoms with E-state index in [1.807, 2.05) is 13.2 Å². The Morgan fingerprint density at radius 2 is 2.53 bits per heavy atom. The van der Waals surface area contributed by atoms with E-state index in [1.54, 1.807) is 7.05 Å². The molecule has 0 saturated carbocycles. The van der Waals surface area contributed by atoms with Crippen molar-refractivity contribution < 1.29 is 14.4 Å². The van der Waals surface area contributed by atoms with Crippen LogP contribution >= 0.6 is 33.5 Å². The highest BCUT2D eigenvalue weighted by molar-refractivity contribution is 8.75. The second-order valence-electron chi connectivity index (χ2n) is 2.60. The Morgan fingerprint density at radius 1 is 1.80 bits per heavy atom. The quantitative estimate of drug-likeness (QED) is 0.339. The van der Waals surface area contributed by atoms with Gasteiger partial charge in [-0.25, -0.2) is 9.10 Å². The lowest BCUT2D eigenvalue weighted by molar-refractivity contribution is 0.132. The van der Waals surface area contributed by atoms with E-state index >= 15 is 0 Å². The van der Waals surface area contributed by atoms with Gasteiger partial charge in [-0.15, -0.1) is 0 Å². The van der Waals surface area contributed by atoms with Crippen molar-refractivity contribution in [1.82, 2.24) is 4.31 Å². The van der Waals surface area contributed by atoms with Crippen molar-refractivity contribution in [3.8, 4) is 0 Å². The molecule has 1 aliphatic rings. The summed E-state index contributed by atoms with van der Waals surface area (Å²) in [5, 5.41) is 4.45. The third-order valence-corrected chi connectivity index (χ3v) is 4.13. The van der Waals surface area contributed by atoms with Gasteiger partial charge in [-0.05, 0) is 13.2 Å². The van der Waals surface area contributed by atoms with Crippen LogP contribution in [0.1, 0.15) is 6.92 Å². The highest BCUT2D eigenvalue weighted by Gasteiger charge is 2.21. The third kappa shape index (κ3) is 4.13. The molecule has 1 saturated heterocycles. The van der Waals surface area contributed by atoms with Crippen LogP contribution in [0, 0.1) is 0 Å². The van der Waals surface area contributed by atoms with Crippen LogP contribution in [0.3, 0.4) is 0 Å². The number of oxime groups is 1. The predicted octanol–water partition coefficient (Wildman–Crippen LogP) is 2.40. The molecular formula is C7H12N2O3S3. The zero-order chi connectivity index (χ0) is 11.3. The zero-order valence-electron chi connectivity index (χ0n) is 8.63. The topological polar surface area (TPSA) is 51.1 Å². The number of carbonyl (C=O) groups is 1. The summed E-state index contributed by atoms with van der Waals surface area (Å²) in [4.78, 5) is 16.1. The van der Waals surface area contributed by atoms with Crippen LogP contribution in [0.15, 0.2) is 5.16 Å². The number of hydrogen-bond acceptors (Lipinski definition) is 7. The van der Waals surface area contributed by atoms with Gasteiger partial charge >= 0.3 is 6.09 Å². The van der Waals surface area contributed by atoms with Gasteiger partial charge in [-0.1, -0.05) is 27.7 Å². The minimum atomic E-state index is -0.485. The van der Waals surface area contributed by atoms with Crippen LogP contribution in [0.5, 0.6) is 0 Å². The van der Waals surface area contributed by atoms with Gasteiger partial charge < -0.3 is 4.74 Å². The number of hydrogen-bond donors (Lipinski definition) is 0. The van der Waals surface area contributed by atoms with Crippen LogP contribution < -0.4 is 0 Å². The Balaban J connectivity index is 2.38. The standard InChI is InChI=1S/C7H12N2O3S3/c1-5-6(14-4-11-5)8-12-7(10)9(2)15-13-3/h5H,4H2,1-3H3. The predicted molar refractivity (Wildman–Crippen MR) is 65.8 cm³/mol. The first-order valence-corrected chi connectivity index (χ1v) is 7.63. The molecule has 5 nitrogen and oxygen atoms in total. The fourth-order valence-electron chi connectivity index (χ4n) is 0.769. The molecular weight excluding hydrogens is 256 g/mol. The molecule has 1 amide bonds. The number of ether oxygens (including phenoxy) is 1. The molecule has 0 bridgehead atoms. The second kappa shape index (κ2) is 6.51. The molecule has 1 heterocycles. The highest BCUT2D eigenvalue weighted by atomic mass is 33.1. The summed E-state index contributed by atoms with van der Waals surface area (Å²) in [6, 6.07) is 0. The molecule has 1 atom stereocenters. The van der Waals surface area contributed by atoms with Crippen LogP contribution in [-0.4, -0.2) is 40.8 Å². The van der Waals surface area contributed by atoms with Crippen molar-refractivity contribution in [3.63, 3.8) is 0 Å². The normalized spacial score (nSPS) is 23.1. The minimum Gasteiger partial charge on any atom is -0.361 e.